The van der Waals surface area contributed by atoms with E-state index in [1.54, 1.807) is 11.3 Å². The fourth-order valence-corrected chi connectivity index (χ4v) is 2.63. The summed E-state index contributed by atoms with van der Waals surface area (Å²) in [5.74, 6) is 0. The lowest BCUT2D eigenvalue weighted by Gasteiger charge is -2.10. The van der Waals surface area contributed by atoms with Crippen molar-refractivity contribution in [1.29, 1.82) is 0 Å². The maximum Gasteiger partial charge on any atom is 0.0797 e. The normalized spacial score (nSPS) is 10.5. The Balaban J connectivity index is 1.95. The number of benzene rings is 1. The third kappa shape index (κ3) is 2.99. The summed E-state index contributed by atoms with van der Waals surface area (Å²) in [7, 11) is 0. The predicted molar refractivity (Wildman–Crippen MR) is 75.2 cm³/mol. The SMILES string of the molecule is Cc1ncsc1CCNc1cccc(Cl)c1C. The second-order valence-electron chi connectivity index (χ2n) is 3.95. The molecule has 0 radical (unpaired) electrons. The number of rotatable bonds is 4. The van der Waals surface area contributed by atoms with Crippen LogP contribution in [0, 0.1) is 13.8 Å². The molecule has 2 rings (SSSR count). The molecule has 0 atom stereocenters. The van der Waals surface area contributed by atoms with Crippen LogP contribution in [0.3, 0.4) is 0 Å². The molecule has 4 heteroatoms. The number of hydrogen-bond acceptors (Lipinski definition) is 3. The van der Waals surface area contributed by atoms with Gasteiger partial charge in [-0.25, -0.2) is 4.98 Å². The molecule has 2 aromatic rings. The quantitative estimate of drug-likeness (QED) is 0.902. The van der Waals surface area contributed by atoms with Crippen molar-refractivity contribution in [2.45, 2.75) is 20.3 Å². The highest BCUT2D eigenvalue weighted by molar-refractivity contribution is 7.09. The summed E-state index contributed by atoms with van der Waals surface area (Å²) in [5, 5.41) is 4.22. The average molecular weight is 267 g/mol. The molecule has 90 valence electrons. The van der Waals surface area contributed by atoms with Gasteiger partial charge in [0.25, 0.3) is 0 Å². The average Bonchev–Trinajstić information content (AvgIpc) is 2.71. The lowest BCUT2D eigenvalue weighted by Crippen LogP contribution is -2.06. The molecule has 0 aliphatic heterocycles. The van der Waals surface area contributed by atoms with Gasteiger partial charge in [0.1, 0.15) is 0 Å². The maximum absolute atomic E-state index is 6.07. The molecule has 0 saturated heterocycles. The summed E-state index contributed by atoms with van der Waals surface area (Å²) in [4.78, 5) is 5.59. The van der Waals surface area contributed by atoms with Crippen LogP contribution in [-0.2, 0) is 6.42 Å². The van der Waals surface area contributed by atoms with E-state index < -0.39 is 0 Å². The Morgan fingerprint density at radius 2 is 2.18 bits per heavy atom. The molecule has 0 unspecified atom stereocenters. The highest BCUT2D eigenvalue weighted by Crippen LogP contribution is 2.23. The molecule has 0 saturated carbocycles. The Hall–Kier alpha value is -1.06. The molecule has 0 aliphatic rings. The molecule has 0 aliphatic carbocycles. The summed E-state index contributed by atoms with van der Waals surface area (Å²) in [6.07, 6.45) is 1.00. The number of hydrogen-bond donors (Lipinski definition) is 1. The van der Waals surface area contributed by atoms with Gasteiger partial charge in [0, 0.05) is 28.6 Å². The maximum atomic E-state index is 6.07. The topological polar surface area (TPSA) is 24.9 Å². The lowest BCUT2D eigenvalue weighted by molar-refractivity contribution is 1.01. The number of halogens is 1. The summed E-state index contributed by atoms with van der Waals surface area (Å²) in [6, 6.07) is 5.94. The van der Waals surface area contributed by atoms with Crippen LogP contribution < -0.4 is 5.32 Å². The monoisotopic (exact) mass is 266 g/mol. The number of aryl methyl sites for hydroxylation is 1. The number of thiazole rings is 1. The van der Waals surface area contributed by atoms with Crippen molar-refractivity contribution in [3.05, 3.63) is 44.9 Å². The minimum atomic E-state index is 0.809. The molecular formula is C13H15ClN2S. The van der Waals surface area contributed by atoms with Gasteiger partial charge in [0.15, 0.2) is 0 Å². The number of nitrogens with one attached hydrogen (secondary N) is 1. The third-order valence-electron chi connectivity index (χ3n) is 2.78. The standard InChI is InChI=1S/C13H15ClN2S/c1-9-11(14)4-3-5-12(9)15-7-6-13-10(2)16-8-17-13/h3-5,8,15H,6-7H2,1-2H3. The van der Waals surface area contributed by atoms with Gasteiger partial charge in [-0.05, 0) is 31.5 Å². The van der Waals surface area contributed by atoms with Gasteiger partial charge in [-0.2, -0.15) is 0 Å². The second-order valence-corrected chi connectivity index (χ2v) is 5.30. The third-order valence-corrected chi connectivity index (χ3v) is 4.18. The van der Waals surface area contributed by atoms with Crippen LogP contribution in [0.4, 0.5) is 5.69 Å². The first-order valence-electron chi connectivity index (χ1n) is 5.56. The lowest BCUT2D eigenvalue weighted by atomic mass is 10.2. The van der Waals surface area contributed by atoms with E-state index in [0.29, 0.717) is 0 Å². The zero-order valence-electron chi connectivity index (χ0n) is 9.96. The van der Waals surface area contributed by atoms with Gasteiger partial charge in [-0.15, -0.1) is 11.3 Å². The van der Waals surface area contributed by atoms with E-state index in [0.717, 1.165) is 34.9 Å². The molecule has 17 heavy (non-hydrogen) atoms. The van der Waals surface area contributed by atoms with Crippen molar-refractivity contribution in [2.75, 3.05) is 11.9 Å². The van der Waals surface area contributed by atoms with Crippen LogP contribution in [0.5, 0.6) is 0 Å². The van der Waals surface area contributed by atoms with E-state index in [4.69, 9.17) is 11.6 Å². The Labute approximate surface area is 111 Å². The molecule has 2 nitrogen and oxygen atoms in total. The van der Waals surface area contributed by atoms with Gasteiger partial charge in [-0.1, -0.05) is 17.7 Å². The van der Waals surface area contributed by atoms with Gasteiger partial charge in [0.05, 0.1) is 11.2 Å². The van der Waals surface area contributed by atoms with E-state index in [9.17, 15) is 0 Å². The first kappa shape index (κ1) is 12.4. The minimum absolute atomic E-state index is 0.809. The Bertz CT molecular complexity index is 508. The fourth-order valence-electron chi connectivity index (χ4n) is 1.68. The van der Waals surface area contributed by atoms with E-state index in [-0.39, 0.29) is 0 Å². The summed E-state index contributed by atoms with van der Waals surface area (Å²) >= 11 is 7.78. The first-order chi connectivity index (χ1) is 8.18. The highest BCUT2D eigenvalue weighted by atomic mass is 35.5. The summed E-state index contributed by atoms with van der Waals surface area (Å²) in [6.45, 7) is 4.99. The summed E-state index contributed by atoms with van der Waals surface area (Å²) in [5.41, 5.74) is 5.25. The van der Waals surface area contributed by atoms with Crippen molar-refractivity contribution in [2.24, 2.45) is 0 Å². The van der Waals surface area contributed by atoms with Gasteiger partial charge in [0.2, 0.25) is 0 Å². The first-order valence-corrected chi connectivity index (χ1v) is 6.82. The van der Waals surface area contributed by atoms with Crippen molar-refractivity contribution in [3.8, 4) is 0 Å². The summed E-state index contributed by atoms with van der Waals surface area (Å²) < 4.78 is 0. The van der Waals surface area contributed by atoms with Crippen molar-refractivity contribution < 1.29 is 0 Å². The van der Waals surface area contributed by atoms with Crippen LogP contribution in [0.1, 0.15) is 16.1 Å². The molecule has 1 N–H and O–H groups in total. The molecule has 1 aromatic carbocycles. The number of aromatic nitrogens is 1. The molecule has 0 fully saturated rings. The predicted octanol–water partition coefficient (Wildman–Crippen LogP) is 4.07. The van der Waals surface area contributed by atoms with E-state index in [1.165, 1.54) is 4.88 Å². The van der Waals surface area contributed by atoms with Crippen molar-refractivity contribution in [3.63, 3.8) is 0 Å². The van der Waals surface area contributed by atoms with Crippen molar-refractivity contribution >= 4 is 28.6 Å². The molecular weight excluding hydrogens is 252 g/mol. The fraction of sp³-hybridized carbons (Fsp3) is 0.308. The van der Waals surface area contributed by atoms with Crippen LogP contribution >= 0.6 is 22.9 Å². The molecule has 0 spiro atoms. The highest BCUT2D eigenvalue weighted by Gasteiger charge is 2.03. The van der Waals surface area contributed by atoms with Crippen molar-refractivity contribution in [1.82, 2.24) is 4.98 Å². The van der Waals surface area contributed by atoms with E-state index in [1.807, 2.05) is 24.6 Å². The van der Waals surface area contributed by atoms with Crippen LogP contribution in [-0.4, -0.2) is 11.5 Å². The zero-order valence-corrected chi connectivity index (χ0v) is 11.5. The Morgan fingerprint density at radius 1 is 1.35 bits per heavy atom. The van der Waals surface area contributed by atoms with Gasteiger partial charge < -0.3 is 5.32 Å². The van der Waals surface area contributed by atoms with E-state index in [2.05, 4.69) is 23.3 Å². The van der Waals surface area contributed by atoms with Crippen LogP contribution in [0.15, 0.2) is 23.7 Å². The molecule has 0 bridgehead atoms. The molecule has 1 heterocycles. The van der Waals surface area contributed by atoms with E-state index >= 15 is 0 Å². The number of anilines is 1. The van der Waals surface area contributed by atoms with Crippen LogP contribution in [0.25, 0.3) is 0 Å². The number of nitrogens with zero attached hydrogens (tertiary/aromatic N) is 1. The minimum Gasteiger partial charge on any atom is -0.384 e. The van der Waals surface area contributed by atoms with Crippen LogP contribution in [0.2, 0.25) is 5.02 Å². The largest absolute Gasteiger partial charge is 0.384 e. The smallest absolute Gasteiger partial charge is 0.0797 e. The Kier molecular flexibility index (Phi) is 4.02. The molecule has 1 aromatic heterocycles. The molecule has 0 amide bonds. The zero-order chi connectivity index (χ0) is 12.3. The Morgan fingerprint density at radius 3 is 2.88 bits per heavy atom. The van der Waals surface area contributed by atoms with Gasteiger partial charge >= 0.3 is 0 Å². The second kappa shape index (κ2) is 5.52. The van der Waals surface area contributed by atoms with Gasteiger partial charge in [-0.3, -0.25) is 0 Å².